The molecule has 0 saturated carbocycles. The summed E-state index contributed by atoms with van der Waals surface area (Å²) in [6.07, 6.45) is 11.8. The topological polar surface area (TPSA) is 99.9 Å². The van der Waals surface area contributed by atoms with E-state index in [0.717, 1.165) is 48.3 Å². The Hall–Kier alpha value is -2.94. The summed E-state index contributed by atoms with van der Waals surface area (Å²) < 4.78 is 19.7. The summed E-state index contributed by atoms with van der Waals surface area (Å²) in [6.45, 7) is 5.14. The Morgan fingerprint density at radius 1 is 1.39 bits per heavy atom. The smallest absolute Gasteiger partial charge is 0.312 e. The van der Waals surface area contributed by atoms with Gasteiger partial charge in [0.1, 0.15) is 11.2 Å². The quantitative estimate of drug-likeness (QED) is 0.583. The predicted molar refractivity (Wildman–Crippen MR) is 122 cm³/mol. The SMILES string of the molecule is CCC/C=C(\C=C1\CCC=C(Cl)N1)C1c2nc[nH]c2CCN1C(=O)c1nnc(C(C)(C)F)o1. The van der Waals surface area contributed by atoms with Crippen LogP contribution >= 0.6 is 11.6 Å². The largest absolute Gasteiger partial charge is 0.413 e. The van der Waals surface area contributed by atoms with E-state index in [1.807, 2.05) is 12.2 Å². The maximum Gasteiger partial charge on any atom is 0.312 e. The van der Waals surface area contributed by atoms with Gasteiger partial charge in [-0.3, -0.25) is 4.79 Å². The van der Waals surface area contributed by atoms with Crippen LogP contribution in [0.5, 0.6) is 0 Å². The third-order valence-corrected chi connectivity index (χ3v) is 5.89. The van der Waals surface area contributed by atoms with Gasteiger partial charge >= 0.3 is 11.8 Å². The molecule has 1 amide bonds. The molecule has 8 nitrogen and oxygen atoms in total. The van der Waals surface area contributed by atoms with Crippen molar-refractivity contribution in [2.45, 2.75) is 64.6 Å². The van der Waals surface area contributed by atoms with Gasteiger partial charge < -0.3 is 19.6 Å². The Kier molecular flexibility index (Phi) is 6.69. The van der Waals surface area contributed by atoms with Gasteiger partial charge in [-0.05, 0) is 50.8 Å². The van der Waals surface area contributed by atoms with E-state index in [4.69, 9.17) is 16.0 Å². The molecule has 0 aromatic carbocycles. The number of imidazole rings is 1. The van der Waals surface area contributed by atoms with Crippen LogP contribution in [0.15, 0.2) is 45.4 Å². The van der Waals surface area contributed by atoms with Gasteiger partial charge in [0, 0.05) is 24.4 Å². The second-order valence-corrected chi connectivity index (χ2v) is 9.09. The fourth-order valence-corrected chi connectivity index (χ4v) is 4.23. The van der Waals surface area contributed by atoms with Crippen LogP contribution in [0.3, 0.4) is 0 Å². The molecular weight excluding hydrogens is 447 g/mol. The van der Waals surface area contributed by atoms with Gasteiger partial charge in [0.25, 0.3) is 5.89 Å². The van der Waals surface area contributed by atoms with E-state index in [0.29, 0.717) is 18.1 Å². The number of carbonyl (C=O) groups is 1. The highest BCUT2D eigenvalue weighted by Gasteiger charge is 2.38. The standard InChI is InChI=1S/C23H28ClFN6O2/c1-4-5-7-14(12-15-8-6-9-17(24)28-15)19-18-16(26-13-27-18)10-11-31(19)21(32)20-29-30-22(33-20)23(2,3)25/h7,9,12-13,19,28H,4-6,8,10-11H2,1-3H3,(H,26,27)/b14-7+,15-12-. The van der Waals surface area contributed by atoms with Gasteiger partial charge in [0.2, 0.25) is 0 Å². The summed E-state index contributed by atoms with van der Waals surface area (Å²) in [5.41, 5.74) is 1.82. The number of hydrogen-bond acceptors (Lipinski definition) is 6. The Morgan fingerprint density at radius 3 is 2.91 bits per heavy atom. The zero-order chi connectivity index (χ0) is 23.6. The highest BCUT2D eigenvalue weighted by Crippen LogP contribution is 2.36. The van der Waals surface area contributed by atoms with E-state index in [2.05, 4.69) is 38.5 Å². The lowest BCUT2D eigenvalue weighted by molar-refractivity contribution is 0.0638. The van der Waals surface area contributed by atoms with Crippen molar-refractivity contribution in [2.75, 3.05) is 6.54 Å². The maximum absolute atomic E-state index is 14.3. The van der Waals surface area contributed by atoms with Gasteiger partial charge in [-0.15, -0.1) is 10.2 Å². The van der Waals surface area contributed by atoms with Gasteiger partial charge in [-0.25, -0.2) is 9.37 Å². The van der Waals surface area contributed by atoms with Crippen molar-refractivity contribution in [3.63, 3.8) is 0 Å². The normalized spacial score (nSPS) is 20.5. The number of unbranched alkanes of at least 4 members (excludes halogenated alkanes) is 1. The van der Waals surface area contributed by atoms with E-state index in [9.17, 15) is 9.18 Å². The van der Waals surface area contributed by atoms with Crippen LogP contribution in [0.4, 0.5) is 4.39 Å². The second kappa shape index (κ2) is 9.51. The molecule has 1 atom stereocenters. The fraction of sp³-hybridized carbons (Fsp3) is 0.478. The minimum atomic E-state index is -1.84. The Labute approximate surface area is 197 Å². The molecule has 0 fully saturated rings. The van der Waals surface area contributed by atoms with Crippen LogP contribution in [0.1, 0.15) is 80.5 Å². The molecule has 2 aromatic rings. The predicted octanol–water partition coefficient (Wildman–Crippen LogP) is 4.81. The highest BCUT2D eigenvalue weighted by molar-refractivity contribution is 6.29. The number of carbonyl (C=O) groups excluding carboxylic acids is 1. The van der Waals surface area contributed by atoms with Crippen molar-refractivity contribution < 1.29 is 13.6 Å². The molecule has 2 aromatic heterocycles. The number of nitrogens with zero attached hydrogens (tertiary/aromatic N) is 4. The summed E-state index contributed by atoms with van der Waals surface area (Å²) in [6, 6.07) is -0.452. The van der Waals surface area contributed by atoms with E-state index < -0.39 is 17.6 Å². The maximum atomic E-state index is 14.3. The summed E-state index contributed by atoms with van der Waals surface area (Å²) in [7, 11) is 0. The van der Waals surface area contributed by atoms with Gasteiger partial charge in [-0.2, -0.15) is 0 Å². The molecular formula is C23H28ClFN6O2. The molecule has 0 radical (unpaired) electrons. The lowest BCUT2D eigenvalue weighted by Crippen LogP contribution is -2.41. The average Bonchev–Trinajstić information content (AvgIpc) is 3.45. The highest BCUT2D eigenvalue weighted by atomic mass is 35.5. The van der Waals surface area contributed by atoms with Crippen LogP contribution in [-0.4, -0.2) is 37.5 Å². The number of nitrogens with one attached hydrogen (secondary N) is 2. The number of rotatable bonds is 6. The fourth-order valence-electron chi connectivity index (χ4n) is 4.00. The molecule has 0 spiro atoms. The zero-order valence-electron chi connectivity index (χ0n) is 19.0. The van der Waals surface area contributed by atoms with E-state index in [1.54, 1.807) is 11.2 Å². The summed E-state index contributed by atoms with van der Waals surface area (Å²) in [5, 5.41) is 11.4. The first-order valence-corrected chi connectivity index (χ1v) is 11.5. The van der Waals surface area contributed by atoms with E-state index in [-0.39, 0.29) is 11.8 Å². The molecule has 0 bridgehead atoms. The minimum absolute atomic E-state index is 0.225. The molecule has 10 heteroatoms. The van der Waals surface area contributed by atoms with Gasteiger partial charge in [0.15, 0.2) is 5.67 Å². The van der Waals surface area contributed by atoms with Crippen molar-refractivity contribution >= 4 is 17.5 Å². The molecule has 1 unspecified atom stereocenters. The Bertz CT molecular complexity index is 1110. The molecule has 0 saturated heterocycles. The minimum Gasteiger partial charge on any atom is -0.413 e. The monoisotopic (exact) mass is 474 g/mol. The lowest BCUT2D eigenvalue weighted by atomic mass is 9.93. The number of H-pyrrole nitrogens is 1. The molecule has 0 aliphatic carbocycles. The molecule has 2 aliphatic rings. The molecule has 2 aliphatic heterocycles. The van der Waals surface area contributed by atoms with Crippen LogP contribution in [0.25, 0.3) is 0 Å². The van der Waals surface area contributed by atoms with Crippen LogP contribution in [0.2, 0.25) is 0 Å². The van der Waals surface area contributed by atoms with Gasteiger partial charge in [-0.1, -0.05) is 31.0 Å². The number of alkyl halides is 1. The van der Waals surface area contributed by atoms with Crippen molar-refractivity contribution in [1.82, 2.24) is 30.4 Å². The van der Waals surface area contributed by atoms with Crippen LogP contribution in [0, 0.1) is 0 Å². The number of allylic oxidation sites excluding steroid dienone is 3. The Balaban J connectivity index is 1.74. The molecule has 4 rings (SSSR count). The Morgan fingerprint density at radius 2 is 2.21 bits per heavy atom. The molecule has 176 valence electrons. The van der Waals surface area contributed by atoms with Crippen LogP contribution in [-0.2, 0) is 12.1 Å². The van der Waals surface area contributed by atoms with E-state index >= 15 is 0 Å². The summed E-state index contributed by atoms with van der Waals surface area (Å²) in [4.78, 5) is 22.9. The number of amides is 1. The third kappa shape index (κ3) is 5.03. The molecule has 4 heterocycles. The van der Waals surface area contributed by atoms with Crippen molar-refractivity contribution in [3.05, 3.63) is 64.2 Å². The van der Waals surface area contributed by atoms with Crippen molar-refractivity contribution in [1.29, 1.82) is 0 Å². The first kappa shape index (κ1) is 23.2. The number of fused-ring (bicyclic) bond motifs is 1. The van der Waals surface area contributed by atoms with Crippen molar-refractivity contribution in [2.24, 2.45) is 0 Å². The van der Waals surface area contributed by atoms with E-state index in [1.165, 1.54) is 13.8 Å². The number of halogens is 2. The second-order valence-electron chi connectivity index (χ2n) is 8.68. The first-order chi connectivity index (χ1) is 15.8. The summed E-state index contributed by atoms with van der Waals surface area (Å²) >= 11 is 6.20. The first-order valence-electron chi connectivity index (χ1n) is 11.2. The number of hydrogen-bond donors (Lipinski definition) is 2. The van der Waals surface area contributed by atoms with Crippen molar-refractivity contribution in [3.8, 4) is 0 Å². The molecule has 2 N–H and O–H groups in total. The molecule has 33 heavy (non-hydrogen) atoms. The average molecular weight is 475 g/mol. The summed E-state index contributed by atoms with van der Waals surface area (Å²) in [5.74, 6) is -0.910. The van der Waals surface area contributed by atoms with Gasteiger partial charge in [0.05, 0.1) is 12.0 Å². The number of aromatic amines is 1. The third-order valence-electron chi connectivity index (χ3n) is 5.64. The lowest BCUT2D eigenvalue weighted by Gasteiger charge is -2.35. The van der Waals surface area contributed by atoms with Crippen LogP contribution < -0.4 is 5.32 Å². The zero-order valence-corrected chi connectivity index (χ0v) is 19.7. The number of aromatic nitrogens is 4.